The lowest BCUT2D eigenvalue weighted by atomic mass is 9.97. The summed E-state index contributed by atoms with van der Waals surface area (Å²) >= 11 is 0. The molecular weight excluding hydrogens is 389 g/mol. The van der Waals surface area contributed by atoms with Crippen molar-refractivity contribution in [2.24, 2.45) is 0 Å². The fourth-order valence-electron chi connectivity index (χ4n) is 3.56. The molecule has 0 aliphatic heterocycles. The van der Waals surface area contributed by atoms with Gasteiger partial charge >= 0.3 is 12.2 Å². The summed E-state index contributed by atoms with van der Waals surface area (Å²) in [5.41, 5.74) is 1.18. The van der Waals surface area contributed by atoms with Crippen LogP contribution >= 0.6 is 0 Å². The molecule has 2 unspecified atom stereocenters. The molecule has 1 fully saturated rings. The highest BCUT2D eigenvalue weighted by Crippen LogP contribution is 2.37. The van der Waals surface area contributed by atoms with Crippen molar-refractivity contribution in [2.75, 3.05) is 0 Å². The average molecular weight is 407 g/mol. The predicted molar refractivity (Wildman–Crippen MR) is 95.5 cm³/mol. The number of H-pyrrole nitrogens is 2. The minimum Gasteiger partial charge on any atom is -0.441 e. The van der Waals surface area contributed by atoms with Gasteiger partial charge in [0, 0.05) is 0 Å². The van der Waals surface area contributed by atoms with Crippen LogP contribution in [0.3, 0.4) is 0 Å². The fraction of sp³-hybridized carbons (Fsp3) is 0.300. The maximum Gasteiger partial charge on any atom is 0.573 e. The van der Waals surface area contributed by atoms with Gasteiger partial charge in [-0.1, -0.05) is 12.1 Å². The molecule has 6 nitrogen and oxygen atoms in total. The third-order valence-electron chi connectivity index (χ3n) is 4.83. The Hall–Kier alpha value is -3.23. The minimum atomic E-state index is -4.70. The second-order valence-electron chi connectivity index (χ2n) is 6.89. The van der Waals surface area contributed by atoms with Crippen molar-refractivity contribution in [1.82, 2.24) is 5.16 Å². The molecule has 3 aromatic rings. The van der Waals surface area contributed by atoms with E-state index in [9.17, 15) is 18.0 Å². The van der Waals surface area contributed by atoms with Crippen molar-refractivity contribution in [1.29, 1.82) is 0 Å². The van der Waals surface area contributed by atoms with E-state index >= 15 is 0 Å². The minimum absolute atomic E-state index is 0.0560. The van der Waals surface area contributed by atoms with Gasteiger partial charge in [-0.25, -0.2) is 0 Å². The summed E-state index contributed by atoms with van der Waals surface area (Å²) in [6, 6.07) is 11.0. The Morgan fingerprint density at radius 3 is 2.69 bits per heavy atom. The highest BCUT2D eigenvalue weighted by Gasteiger charge is 2.32. The first kappa shape index (κ1) is 19.1. The van der Waals surface area contributed by atoms with E-state index in [1.165, 1.54) is 18.2 Å². The van der Waals surface area contributed by atoms with Gasteiger partial charge in [-0.05, 0) is 48.9 Å². The summed E-state index contributed by atoms with van der Waals surface area (Å²) in [6.45, 7) is 0. The molecule has 1 aromatic carbocycles. The number of alkyl halides is 3. The standard InChI is InChI=1S/C20H17F3N2O4/c21-20(22,23)28-16-3-1-2-12(9-16)13-4-6-15(8-13)27-19-7-5-14(11-24-19)17-10-18(26)25-29-17/h1-3,5,7,9-11,13,15H,4,6,8H2,(H,25,26)/p+1. The lowest BCUT2D eigenvalue weighted by Crippen LogP contribution is -2.18. The number of hydrogen-bond acceptors (Lipinski definition) is 4. The maximum atomic E-state index is 12.4. The molecule has 4 rings (SSSR count). The van der Waals surface area contributed by atoms with E-state index in [0.29, 0.717) is 23.6 Å². The first-order chi connectivity index (χ1) is 13.9. The van der Waals surface area contributed by atoms with Crippen LogP contribution in [0.5, 0.6) is 11.6 Å². The second-order valence-corrected chi connectivity index (χ2v) is 6.89. The van der Waals surface area contributed by atoms with Gasteiger partial charge in [0.2, 0.25) is 0 Å². The Morgan fingerprint density at radius 1 is 1.14 bits per heavy atom. The van der Waals surface area contributed by atoms with Crippen molar-refractivity contribution >= 4 is 0 Å². The van der Waals surface area contributed by atoms with Gasteiger partial charge in [0.1, 0.15) is 11.9 Å². The molecule has 0 radical (unpaired) electrons. The van der Waals surface area contributed by atoms with Crippen LogP contribution in [0.15, 0.2) is 58.0 Å². The molecule has 0 saturated heterocycles. The molecule has 0 spiro atoms. The van der Waals surface area contributed by atoms with E-state index in [1.54, 1.807) is 24.4 Å². The molecule has 0 bridgehead atoms. The SMILES string of the molecule is O=c1cc(-c2ccc(OC3CCC(c4cccc(OC(F)(F)F)c4)C3)[nH+]c2)o[nH]1. The van der Waals surface area contributed by atoms with Crippen LogP contribution in [-0.4, -0.2) is 17.6 Å². The lowest BCUT2D eigenvalue weighted by molar-refractivity contribution is -0.396. The molecule has 2 atom stereocenters. The summed E-state index contributed by atoms with van der Waals surface area (Å²) in [7, 11) is 0. The van der Waals surface area contributed by atoms with Crippen LogP contribution in [0, 0.1) is 0 Å². The third-order valence-corrected chi connectivity index (χ3v) is 4.83. The van der Waals surface area contributed by atoms with Crippen LogP contribution in [0.25, 0.3) is 11.3 Å². The molecule has 0 amide bonds. The number of benzene rings is 1. The molecule has 1 aliphatic rings. The Bertz CT molecular complexity index is 1030. The molecule has 2 aromatic heterocycles. The van der Waals surface area contributed by atoms with Gasteiger partial charge in [-0.2, -0.15) is 10.1 Å². The molecule has 9 heteroatoms. The van der Waals surface area contributed by atoms with E-state index < -0.39 is 6.36 Å². The molecular formula is C20H18F3N2O4+. The van der Waals surface area contributed by atoms with E-state index in [2.05, 4.69) is 14.9 Å². The van der Waals surface area contributed by atoms with E-state index in [4.69, 9.17) is 9.26 Å². The van der Waals surface area contributed by atoms with Crippen molar-refractivity contribution in [3.63, 3.8) is 0 Å². The number of aromatic nitrogens is 2. The van der Waals surface area contributed by atoms with Crippen molar-refractivity contribution < 1.29 is 32.2 Å². The van der Waals surface area contributed by atoms with Crippen LogP contribution in [0.4, 0.5) is 13.2 Å². The molecule has 2 heterocycles. The van der Waals surface area contributed by atoms with Gasteiger partial charge < -0.3 is 14.0 Å². The molecule has 152 valence electrons. The fourth-order valence-corrected chi connectivity index (χ4v) is 3.56. The van der Waals surface area contributed by atoms with Crippen LogP contribution in [-0.2, 0) is 0 Å². The quantitative estimate of drug-likeness (QED) is 0.692. The van der Waals surface area contributed by atoms with Crippen LogP contribution in [0.2, 0.25) is 0 Å². The Morgan fingerprint density at radius 2 is 2.00 bits per heavy atom. The van der Waals surface area contributed by atoms with Gasteiger partial charge in [-0.3, -0.25) is 4.79 Å². The first-order valence-electron chi connectivity index (χ1n) is 9.09. The van der Waals surface area contributed by atoms with Crippen LogP contribution < -0.4 is 20.0 Å². The number of rotatable bonds is 5. The smallest absolute Gasteiger partial charge is 0.441 e. The zero-order valence-electron chi connectivity index (χ0n) is 15.2. The molecule has 29 heavy (non-hydrogen) atoms. The zero-order valence-corrected chi connectivity index (χ0v) is 15.2. The number of ether oxygens (including phenoxy) is 2. The summed E-state index contributed by atoms with van der Waals surface area (Å²) in [5.74, 6) is 0.871. The van der Waals surface area contributed by atoms with E-state index in [0.717, 1.165) is 18.4 Å². The predicted octanol–water partition coefficient (Wildman–Crippen LogP) is 4.06. The second kappa shape index (κ2) is 7.65. The first-order valence-corrected chi connectivity index (χ1v) is 9.09. The van der Waals surface area contributed by atoms with Crippen molar-refractivity contribution in [3.8, 4) is 23.0 Å². The Balaban J connectivity index is 1.38. The third kappa shape index (κ3) is 4.79. The zero-order chi connectivity index (χ0) is 20.4. The number of hydrogen-bond donors (Lipinski definition) is 1. The molecule has 2 N–H and O–H groups in total. The Labute approximate surface area is 163 Å². The van der Waals surface area contributed by atoms with E-state index in [-0.39, 0.29) is 23.3 Å². The maximum absolute atomic E-state index is 12.4. The van der Waals surface area contributed by atoms with Gasteiger partial charge in [0.05, 0.1) is 17.7 Å². The normalized spacial score (nSPS) is 19.3. The number of nitrogens with one attached hydrogen (secondary N) is 2. The monoisotopic (exact) mass is 407 g/mol. The largest absolute Gasteiger partial charge is 0.573 e. The Kier molecular flexibility index (Phi) is 5.04. The van der Waals surface area contributed by atoms with Crippen LogP contribution in [0.1, 0.15) is 30.7 Å². The molecule has 1 saturated carbocycles. The van der Waals surface area contributed by atoms with Gasteiger partial charge in [0.15, 0.2) is 12.0 Å². The lowest BCUT2D eigenvalue weighted by Gasteiger charge is -2.14. The van der Waals surface area contributed by atoms with Gasteiger partial charge in [-0.15, -0.1) is 13.2 Å². The number of pyridine rings is 1. The topological polar surface area (TPSA) is 78.6 Å². The summed E-state index contributed by atoms with van der Waals surface area (Å²) in [4.78, 5) is 14.2. The average Bonchev–Trinajstić information content (AvgIpc) is 3.30. The number of aromatic amines is 2. The molecule has 1 aliphatic carbocycles. The highest BCUT2D eigenvalue weighted by molar-refractivity contribution is 5.54. The van der Waals surface area contributed by atoms with Gasteiger partial charge in [0.25, 0.3) is 5.56 Å². The summed E-state index contributed by atoms with van der Waals surface area (Å²) in [6.07, 6.45) is -0.794. The highest BCUT2D eigenvalue weighted by atomic mass is 19.4. The van der Waals surface area contributed by atoms with E-state index in [1.807, 2.05) is 6.07 Å². The van der Waals surface area contributed by atoms with Crippen molar-refractivity contribution in [3.05, 3.63) is 64.6 Å². The summed E-state index contributed by atoms with van der Waals surface area (Å²) < 4.78 is 52.3. The summed E-state index contributed by atoms with van der Waals surface area (Å²) in [5, 5.41) is 2.23. The number of halogens is 3. The van der Waals surface area contributed by atoms with Crippen molar-refractivity contribution in [2.45, 2.75) is 37.6 Å².